The van der Waals surface area contributed by atoms with E-state index in [2.05, 4.69) is 20.5 Å². The van der Waals surface area contributed by atoms with Gasteiger partial charge in [0.2, 0.25) is 5.82 Å². The molecule has 116 valence electrons. The van der Waals surface area contributed by atoms with Gasteiger partial charge in [-0.3, -0.25) is 9.89 Å². The second kappa shape index (κ2) is 6.55. The largest absolute Gasteiger partial charge is 0.352 e. The topological polar surface area (TPSA) is 117 Å². The Hall–Kier alpha value is -2.12. The van der Waals surface area contributed by atoms with Gasteiger partial charge in [0.25, 0.3) is 5.91 Å². The fraction of sp³-hybridized carbons (Fsp3) is 0.692. The third-order valence-corrected chi connectivity index (χ3v) is 3.61. The number of amides is 3. The van der Waals surface area contributed by atoms with Crippen LogP contribution in [0.15, 0.2) is 0 Å². The lowest BCUT2D eigenvalue weighted by molar-refractivity contribution is 0.0663. The summed E-state index contributed by atoms with van der Waals surface area (Å²) in [6.45, 7) is 5.74. The molecule has 0 aromatic carbocycles. The molecular weight excluding hydrogens is 272 g/mol. The van der Waals surface area contributed by atoms with Gasteiger partial charge < -0.3 is 16.0 Å². The Bertz CT molecular complexity index is 513. The van der Waals surface area contributed by atoms with E-state index in [1.807, 2.05) is 13.8 Å². The number of piperidine rings is 1. The Kier molecular flexibility index (Phi) is 4.77. The standard InChI is InChI=1S/C13H22N6O2/c1-8(2)10-16-11(18-17-10)12(20)19-5-3-4-9(7-19)6-15-13(14)21/h8-9H,3-7H2,1-2H3,(H3,14,15,21)(H,16,17,18). The van der Waals surface area contributed by atoms with E-state index in [4.69, 9.17) is 5.73 Å². The summed E-state index contributed by atoms with van der Waals surface area (Å²) in [4.78, 5) is 29.1. The lowest BCUT2D eigenvalue weighted by Gasteiger charge is -2.32. The van der Waals surface area contributed by atoms with Crippen LogP contribution in [0, 0.1) is 5.92 Å². The second-order valence-corrected chi connectivity index (χ2v) is 5.70. The summed E-state index contributed by atoms with van der Waals surface area (Å²) in [5, 5.41) is 9.39. The molecule has 1 aromatic rings. The van der Waals surface area contributed by atoms with Crippen molar-refractivity contribution in [1.82, 2.24) is 25.4 Å². The predicted octanol–water partition coefficient (Wildman–Crippen LogP) is 0.449. The Labute approximate surface area is 123 Å². The summed E-state index contributed by atoms with van der Waals surface area (Å²) in [5.74, 6) is 1.18. The number of aromatic amines is 1. The molecule has 2 heterocycles. The first-order chi connectivity index (χ1) is 9.97. The smallest absolute Gasteiger partial charge is 0.312 e. The molecule has 0 bridgehead atoms. The molecule has 1 aliphatic rings. The Balaban J connectivity index is 1.96. The summed E-state index contributed by atoms with van der Waals surface area (Å²) < 4.78 is 0. The van der Waals surface area contributed by atoms with Crippen LogP contribution in [0.5, 0.6) is 0 Å². The number of aromatic nitrogens is 3. The number of primary amides is 1. The number of urea groups is 1. The van der Waals surface area contributed by atoms with Crippen molar-refractivity contribution in [2.75, 3.05) is 19.6 Å². The molecule has 1 aromatic heterocycles. The summed E-state index contributed by atoms with van der Waals surface area (Å²) in [7, 11) is 0. The number of nitrogens with one attached hydrogen (secondary N) is 2. The van der Waals surface area contributed by atoms with Crippen LogP contribution >= 0.6 is 0 Å². The summed E-state index contributed by atoms with van der Waals surface area (Å²) in [6.07, 6.45) is 1.87. The minimum Gasteiger partial charge on any atom is -0.352 e. The predicted molar refractivity (Wildman–Crippen MR) is 76.7 cm³/mol. The van der Waals surface area contributed by atoms with Crippen molar-refractivity contribution in [2.24, 2.45) is 11.7 Å². The Morgan fingerprint density at radius 3 is 2.90 bits per heavy atom. The molecule has 1 unspecified atom stereocenters. The van der Waals surface area contributed by atoms with Gasteiger partial charge in [-0.1, -0.05) is 13.8 Å². The molecule has 21 heavy (non-hydrogen) atoms. The normalized spacial score (nSPS) is 18.8. The highest BCUT2D eigenvalue weighted by Gasteiger charge is 2.27. The molecule has 8 heteroatoms. The molecule has 0 radical (unpaired) electrons. The van der Waals surface area contributed by atoms with Crippen LogP contribution in [0.2, 0.25) is 0 Å². The van der Waals surface area contributed by atoms with Gasteiger partial charge in [-0.05, 0) is 18.8 Å². The number of rotatable bonds is 4. The van der Waals surface area contributed by atoms with Gasteiger partial charge in [0.1, 0.15) is 5.82 Å². The summed E-state index contributed by atoms with van der Waals surface area (Å²) >= 11 is 0. The van der Waals surface area contributed by atoms with E-state index in [0.29, 0.717) is 25.5 Å². The third kappa shape index (κ3) is 3.93. The highest BCUT2D eigenvalue weighted by Crippen LogP contribution is 2.17. The second-order valence-electron chi connectivity index (χ2n) is 5.70. The van der Waals surface area contributed by atoms with Crippen molar-refractivity contribution in [3.8, 4) is 0 Å². The van der Waals surface area contributed by atoms with Crippen molar-refractivity contribution < 1.29 is 9.59 Å². The van der Waals surface area contributed by atoms with Crippen molar-refractivity contribution >= 4 is 11.9 Å². The van der Waals surface area contributed by atoms with Crippen molar-refractivity contribution in [3.63, 3.8) is 0 Å². The molecule has 0 spiro atoms. The zero-order valence-corrected chi connectivity index (χ0v) is 12.4. The molecule has 0 aliphatic carbocycles. The molecule has 4 N–H and O–H groups in total. The van der Waals surface area contributed by atoms with E-state index in [1.165, 1.54) is 0 Å². The number of hydrogen-bond acceptors (Lipinski definition) is 4. The average molecular weight is 294 g/mol. The molecular formula is C13H22N6O2. The molecule has 2 rings (SSSR count). The van der Waals surface area contributed by atoms with Crippen molar-refractivity contribution in [2.45, 2.75) is 32.6 Å². The van der Waals surface area contributed by atoms with Crippen LogP contribution in [0.3, 0.4) is 0 Å². The van der Waals surface area contributed by atoms with Gasteiger partial charge in [-0.2, -0.15) is 0 Å². The van der Waals surface area contributed by atoms with Crippen LogP contribution in [-0.2, 0) is 0 Å². The Morgan fingerprint density at radius 1 is 1.52 bits per heavy atom. The molecule has 1 aliphatic heterocycles. The van der Waals surface area contributed by atoms with Crippen LogP contribution in [0.4, 0.5) is 4.79 Å². The number of H-pyrrole nitrogens is 1. The fourth-order valence-electron chi connectivity index (χ4n) is 2.43. The number of nitrogens with zero attached hydrogens (tertiary/aromatic N) is 3. The maximum Gasteiger partial charge on any atom is 0.312 e. The van der Waals surface area contributed by atoms with Crippen LogP contribution < -0.4 is 11.1 Å². The molecule has 1 saturated heterocycles. The van der Waals surface area contributed by atoms with Gasteiger partial charge in [-0.15, -0.1) is 5.10 Å². The van der Waals surface area contributed by atoms with Gasteiger partial charge in [0.05, 0.1) is 0 Å². The highest BCUT2D eigenvalue weighted by atomic mass is 16.2. The minimum absolute atomic E-state index is 0.165. The van der Waals surface area contributed by atoms with E-state index in [1.54, 1.807) is 4.90 Å². The van der Waals surface area contributed by atoms with E-state index in [0.717, 1.165) is 12.8 Å². The first kappa shape index (κ1) is 15.3. The zero-order valence-electron chi connectivity index (χ0n) is 12.4. The van der Waals surface area contributed by atoms with E-state index in [-0.39, 0.29) is 23.6 Å². The number of likely N-dealkylation sites (tertiary alicyclic amines) is 1. The fourth-order valence-corrected chi connectivity index (χ4v) is 2.43. The lowest BCUT2D eigenvalue weighted by Crippen LogP contribution is -2.44. The molecule has 3 amide bonds. The van der Waals surface area contributed by atoms with Crippen LogP contribution in [0.25, 0.3) is 0 Å². The number of carbonyl (C=O) groups excluding carboxylic acids is 2. The van der Waals surface area contributed by atoms with E-state index in [9.17, 15) is 9.59 Å². The molecule has 1 fully saturated rings. The number of nitrogens with two attached hydrogens (primary N) is 1. The number of hydrogen-bond donors (Lipinski definition) is 3. The third-order valence-electron chi connectivity index (χ3n) is 3.61. The summed E-state index contributed by atoms with van der Waals surface area (Å²) in [6, 6.07) is -0.533. The van der Waals surface area contributed by atoms with Crippen LogP contribution in [-0.4, -0.2) is 51.7 Å². The molecule has 1 atom stereocenters. The maximum atomic E-state index is 12.4. The average Bonchev–Trinajstić information content (AvgIpc) is 2.94. The quantitative estimate of drug-likeness (QED) is 0.747. The number of carbonyl (C=O) groups is 2. The zero-order chi connectivity index (χ0) is 15.4. The van der Waals surface area contributed by atoms with E-state index >= 15 is 0 Å². The monoisotopic (exact) mass is 294 g/mol. The first-order valence-corrected chi connectivity index (χ1v) is 7.22. The highest BCUT2D eigenvalue weighted by molar-refractivity contribution is 5.90. The van der Waals surface area contributed by atoms with Gasteiger partial charge in [0, 0.05) is 25.6 Å². The van der Waals surface area contributed by atoms with Crippen LogP contribution in [0.1, 0.15) is 49.1 Å². The molecule has 8 nitrogen and oxygen atoms in total. The summed E-state index contributed by atoms with van der Waals surface area (Å²) in [5.41, 5.74) is 5.07. The Morgan fingerprint density at radius 2 is 2.29 bits per heavy atom. The minimum atomic E-state index is -0.533. The van der Waals surface area contributed by atoms with E-state index < -0.39 is 6.03 Å². The molecule has 0 saturated carbocycles. The lowest BCUT2D eigenvalue weighted by atomic mass is 9.98. The van der Waals surface area contributed by atoms with Crippen molar-refractivity contribution in [3.05, 3.63) is 11.6 Å². The van der Waals surface area contributed by atoms with Gasteiger partial charge >= 0.3 is 6.03 Å². The maximum absolute atomic E-state index is 12.4. The first-order valence-electron chi connectivity index (χ1n) is 7.22. The SMILES string of the molecule is CC(C)c1nc(C(=O)N2CCCC(CNC(N)=O)C2)n[nH]1. The van der Waals surface area contributed by atoms with Crippen molar-refractivity contribution in [1.29, 1.82) is 0 Å². The van der Waals surface area contributed by atoms with Gasteiger partial charge in [0.15, 0.2) is 0 Å². The van der Waals surface area contributed by atoms with Gasteiger partial charge in [-0.25, -0.2) is 9.78 Å².